The molecule has 0 unspecified atom stereocenters. The van der Waals surface area contributed by atoms with Crippen LogP contribution in [0, 0.1) is 0 Å². The molecule has 2 heterocycles. The minimum atomic E-state index is 0.0797. The van der Waals surface area contributed by atoms with Crippen LogP contribution >= 0.6 is 0 Å². The number of rotatable bonds is 6. The lowest BCUT2D eigenvalue weighted by Crippen LogP contribution is -2.09. The lowest BCUT2D eigenvalue weighted by Gasteiger charge is -2.11. The van der Waals surface area contributed by atoms with Crippen LogP contribution in [0.5, 0.6) is 11.5 Å². The van der Waals surface area contributed by atoms with Crippen molar-refractivity contribution in [2.45, 2.75) is 32.5 Å². The maximum absolute atomic E-state index is 11.7. The molecule has 160 valence electrons. The molecule has 0 fully saturated rings. The van der Waals surface area contributed by atoms with Crippen molar-refractivity contribution >= 4 is 22.5 Å². The Morgan fingerprint density at radius 1 is 0.812 bits per heavy atom. The molecule has 5 rings (SSSR count). The molecule has 5 heteroatoms. The second-order valence-electron chi connectivity index (χ2n) is 7.94. The van der Waals surface area contributed by atoms with Crippen LogP contribution in [-0.2, 0) is 24.4 Å². The maximum atomic E-state index is 11.7. The van der Waals surface area contributed by atoms with Crippen LogP contribution in [0.25, 0.3) is 10.9 Å². The van der Waals surface area contributed by atoms with Gasteiger partial charge in [-0.05, 0) is 66.4 Å². The van der Waals surface area contributed by atoms with Crippen molar-refractivity contribution in [1.82, 2.24) is 4.98 Å². The molecule has 0 radical (unpaired) electrons. The largest absolute Gasteiger partial charge is 0.489 e. The quantitative estimate of drug-likeness (QED) is 0.433. The number of nitrogens with zero attached hydrogens (tertiary/aromatic N) is 1. The van der Waals surface area contributed by atoms with Crippen LogP contribution in [0.3, 0.4) is 0 Å². The third-order valence-corrected chi connectivity index (χ3v) is 5.57. The van der Waals surface area contributed by atoms with Crippen molar-refractivity contribution in [2.75, 3.05) is 5.32 Å². The summed E-state index contributed by atoms with van der Waals surface area (Å²) >= 11 is 0. The first-order chi connectivity index (χ1) is 15.7. The van der Waals surface area contributed by atoms with E-state index in [9.17, 15) is 4.79 Å². The highest BCUT2D eigenvalue weighted by atomic mass is 16.5. The van der Waals surface area contributed by atoms with Gasteiger partial charge in [0.2, 0.25) is 5.91 Å². The zero-order chi connectivity index (χ0) is 21.8. The summed E-state index contributed by atoms with van der Waals surface area (Å²) in [5.41, 5.74) is 4.95. The summed E-state index contributed by atoms with van der Waals surface area (Å²) < 4.78 is 11.9. The highest BCUT2D eigenvalue weighted by molar-refractivity contribution is 5.92. The summed E-state index contributed by atoms with van der Waals surface area (Å²) in [6.45, 7) is 0.893. The van der Waals surface area contributed by atoms with Gasteiger partial charge in [-0.2, -0.15) is 0 Å². The van der Waals surface area contributed by atoms with Gasteiger partial charge in [-0.15, -0.1) is 0 Å². The molecule has 0 bridgehead atoms. The van der Waals surface area contributed by atoms with Gasteiger partial charge in [0.15, 0.2) is 0 Å². The fraction of sp³-hybridized carbons (Fsp3) is 0.185. The van der Waals surface area contributed by atoms with Gasteiger partial charge in [-0.25, -0.2) is 4.98 Å². The Kier molecular flexibility index (Phi) is 5.71. The first kappa shape index (κ1) is 20.1. The third-order valence-electron chi connectivity index (χ3n) is 5.57. The molecule has 0 saturated carbocycles. The van der Waals surface area contributed by atoms with Gasteiger partial charge in [-0.3, -0.25) is 4.79 Å². The van der Waals surface area contributed by atoms with Crippen molar-refractivity contribution in [2.24, 2.45) is 0 Å². The second kappa shape index (κ2) is 9.10. The summed E-state index contributed by atoms with van der Waals surface area (Å²) in [4.78, 5) is 16.3. The molecule has 0 aliphatic carbocycles. The first-order valence-electron chi connectivity index (χ1n) is 10.8. The number of ether oxygens (including phenoxy) is 2. The van der Waals surface area contributed by atoms with Crippen LogP contribution in [0.4, 0.5) is 5.69 Å². The van der Waals surface area contributed by atoms with E-state index in [4.69, 9.17) is 9.47 Å². The summed E-state index contributed by atoms with van der Waals surface area (Å²) in [6, 6.07) is 25.9. The maximum Gasteiger partial charge on any atom is 0.224 e. The van der Waals surface area contributed by atoms with Crippen LogP contribution in [0.1, 0.15) is 29.7 Å². The first-order valence-corrected chi connectivity index (χ1v) is 10.8. The normalized spacial score (nSPS) is 13.2. The minimum absolute atomic E-state index is 0.0797. The van der Waals surface area contributed by atoms with E-state index in [0.29, 0.717) is 19.6 Å². The molecule has 32 heavy (non-hydrogen) atoms. The molecule has 3 aromatic carbocycles. The summed E-state index contributed by atoms with van der Waals surface area (Å²) in [5, 5.41) is 4.07. The molecule has 4 aromatic rings. The Morgan fingerprint density at radius 2 is 1.62 bits per heavy atom. The fourth-order valence-electron chi connectivity index (χ4n) is 3.84. The van der Waals surface area contributed by atoms with Crippen molar-refractivity contribution in [3.8, 4) is 11.5 Å². The smallest absolute Gasteiger partial charge is 0.224 e. The molecule has 1 aliphatic heterocycles. The molecular weight excluding hydrogens is 400 g/mol. The summed E-state index contributed by atoms with van der Waals surface area (Å²) in [7, 11) is 0. The average Bonchev–Trinajstić information content (AvgIpc) is 3.02. The van der Waals surface area contributed by atoms with Crippen LogP contribution in [0.15, 0.2) is 78.9 Å². The topological polar surface area (TPSA) is 60.5 Å². The summed E-state index contributed by atoms with van der Waals surface area (Å²) in [6.07, 6.45) is 2.30. The Morgan fingerprint density at radius 3 is 2.53 bits per heavy atom. The van der Waals surface area contributed by atoms with E-state index in [-0.39, 0.29) is 5.91 Å². The van der Waals surface area contributed by atoms with E-state index < -0.39 is 0 Å². The van der Waals surface area contributed by atoms with E-state index in [1.165, 1.54) is 0 Å². The number of para-hydroxylation sites is 1. The molecule has 0 atom stereocenters. The van der Waals surface area contributed by atoms with Gasteiger partial charge in [0.25, 0.3) is 0 Å². The third kappa shape index (κ3) is 4.72. The van der Waals surface area contributed by atoms with E-state index in [1.54, 1.807) is 0 Å². The molecule has 0 saturated heterocycles. The number of aromatic nitrogens is 1. The predicted molar refractivity (Wildman–Crippen MR) is 125 cm³/mol. The van der Waals surface area contributed by atoms with Crippen LogP contribution < -0.4 is 14.8 Å². The van der Waals surface area contributed by atoms with Crippen molar-refractivity contribution in [3.05, 3.63) is 95.7 Å². The van der Waals surface area contributed by atoms with Crippen molar-refractivity contribution < 1.29 is 14.3 Å². The van der Waals surface area contributed by atoms with Gasteiger partial charge >= 0.3 is 0 Å². The minimum Gasteiger partial charge on any atom is -0.489 e. The van der Waals surface area contributed by atoms with Gasteiger partial charge in [0, 0.05) is 17.5 Å². The predicted octanol–water partition coefficient (Wildman–Crippen LogP) is 5.67. The van der Waals surface area contributed by atoms with E-state index in [0.717, 1.165) is 57.8 Å². The van der Waals surface area contributed by atoms with E-state index >= 15 is 0 Å². The van der Waals surface area contributed by atoms with Gasteiger partial charge in [-0.1, -0.05) is 36.4 Å². The number of aryl methyl sites for hydroxylation is 1. The zero-order valence-electron chi connectivity index (χ0n) is 17.7. The number of carbonyl (C=O) groups is 1. The number of anilines is 1. The molecule has 5 nitrogen and oxygen atoms in total. The van der Waals surface area contributed by atoms with Crippen molar-refractivity contribution in [3.63, 3.8) is 0 Å². The number of fused-ring (bicyclic) bond motifs is 2. The number of benzene rings is 3. The van der Waals surface area contributed by atoms with Crippen LogP contribution in [0.2, 0.25) is 0 Å². The fourth-order valence-corrected chi connectivity index (χ4v) is 3.84. The Bertz CT molecular complexity index is 1250. The molecule has 0 spiro atoms. The van der Waals surface area contributed by atoms with E-state index in [2.05, 4.69) is 22.4 Å². The van der Waals surface area contributed by atoms with Crippen molar-refractivity contribution in [1.29, 1.82) is 0 Å². The van der Waals surface area contributed by atoms with Gasteiger partial charge in [0.05, 0.1) is 11.2 Å². The lowest BCUT2D eigenvalue weighted by atomic mass is 10.1. The van der Waals surface area contributed by atoms with Gasteiger partial charge < -0.3 is 14.8 Å². The number of hydrogen-bond acceptors (Lipinski definition) is 4. The number of pyridine rings is 1. The molecule has 1 aliphatic rings. The molecule has 1 N–H and O–H groups in total. The molecular formula is C27H24N2O3. The monoisotopic (exact) mass is 424 g/mol. The standard InChI is InChI=1S/C27H24N2O3/c30-27-7-3-5-21-16-24(14-15-26(21)29-27)31-17-19-8-12-23(13-9-19)32-18-22-11-10-20-4-1-2-6-25(20)28-22/h1-2,4,6,8-16H,3,5,7,17-18H2,(H,29,30). The highest BCUT2D eigenvalue weighted by Gasteiger charge is 2.13. The lowest BCUT2D eigenvalue weighted by molar-refractivity contribution is -0.116. The molecule has 1 amide bonds. The Labute approximate surface area is 187 Å². The zero-order valence-corrected chi connectivity index (χ0v) is 17.7. The number of nitrogens with one attached hydrogen (secondary N) is 1. The van der Waals surface area contributed by atoms with Crippen LogP contribution in [-0.4, -0.2) is 10.9 Å². The van der Waals surface area contributed by atoms with Gasteiger partial charge in [0.1, 0.15) is 24.7 Å². The van der Waals surface area contributed by atoms with E-state index in [1.807, 2.05) is 66.7 Å². The molecule has 1 aromatic heterocycles. The number of hydrogen-bond donors (Lipinski definition) is 1. The Hall–Kier alpha value is -3.86. The average molecular weight is 425 g/mol. The second-order valence-corrected chi connectivity index (χ2v) is 7.94. The number of carbonyl (C=O) groups excluding carboxylic acids is 1. The summed E-state index contributed by atoms with van der Waals surface area (Å²) in [5.74, 6) is 1.68. The SMILES string of the molecule is O=C1CCCc2cc(OCc3ccc(OCc4ccc5ccccc5n4)cc3)ccc2N1. The Balaban J connectivity index is 1.17. The number of amides is 1. The highest BCUT2D eigenvalue weighted by Crippen LogP contribution is 2.27.